The van der Waals surface area contributed by atoms with Crippen LogP contribution in [0.25, 0.3) is 11.4 Å². The van der Waals surface area contributed by atoms with Crippen molar-refractivity contribution in [3.05, 3.63) is 29.0 Å². The molecule has 0 unspecified atom stereocenters. The van der Waals surface area contributed by atoms with Crippen LogP contribution in [0.2, 0.25) is 0 Å². The lowest BCUT2D eigenvalue weighted by atomic mass is 10.4. The Morgan fingerprint density at radius 1 is 1.31 bits per heavy atom. The minimum atomic E-state index is -0.0229. The SMILES string of the molecule is OCc1nc(-c2cnccn2)cs1. The molecule has 0 aliphatic carbocycles. The average molecular weight is 193 g/mol. The van der Waals surface area contributed by atoms with Crippen molar-refractivity contribution >= 4 is 11.3 Å². The zero-order valence-electron chi connectivity index (χ0n) is 6.71. The second-order valence-electron chi connectivity index (χ2n) is 2.38. The van der Waals surface area contributed by atoms with Crippen molar-refractivity contribution in [1.82, 2.24) is 15.0 Å². The second-order valence-corrected chi connectivity index (χ2v) is 3.32. The van der Waals surface area contributed by atoms with Crippen molar-refractivity contribution in [2.24, 2.45) is 0 Å². The van der Waals surface area contributed by atoms with Crippen LogP contribution in [-0.2, 0) is 6.61 Å². The van der Waals surface area contributed by atoms with Crippen molar-refractivity contribution in [2.75, 3.05) is 0 Å². The van der Waals surface area contributed by atoms with E-state index in [1.807, 2.05) is 5.38 Å². The summed E-state index contributed by atoms with van der Waals surface area (Å²) < 4.78 is 0. The van der Waals surface area contributed by atoms with Gasteiger partial charge >= 0.3 is 0 Å². The Morgan fingerprint density at radius 2 is 2.23 bits per heavy atom. The molecule has 0 radical (unpaired) electrons. The average Bonchev–Trinajstić information content (AvgIpc) is 2.67. The molecule has 0 spiro atoms. The van der Waals surface area contributed by atoms with Crippen molar-refractivity contribution in [3.63, 3.8) is 0 Å². The standard InChI is InChI=1S/C8H7N3OS/c12-4-8-11-7(5-13-8)6-3-9-1-2-10-6/h1-3,5,12H,4H2. The highest BCUT2D eigenvalue weighted by Gasteiger charge is 2.03. The van der Waals surface area contributed by atoms with Crippen molar-refractivity contribution in [3.8, 4) is 11.4 Å². The topological polar surface area (TPSA) is 58.9 Å². The summed E-state index contributed by atoms with van der Waals surface area (Å²) in [5.41, 5.74) is 1.50. The van der Waals surface area contributed by atoms with Gasteiger partial charge in [0.1, 0.15) is 16.4 Å². The number of aromatic nitrogens is 3. The van der Waals surface area contributed by atoms with Gasteiger partial charge in [0.25, 0.3) is 0 Å². The summed E-state index contributed by atoms with van der Waals surface area (Å²) in [7, 11) is 0. The van der Waals surface area contributed by atoms with Crippen LogP contribution in [0.15, 0.2) is 24.0 Å². The van der Waals surface area contributed by atoms with Gasteiger partial charge in [-0.25, -0.2) is 4.98 Å². The summed E-state index contributed by atoms with van der Waals surface area (Å²) in [6.45, 7) is -0.0229. The van der Waals surface area contributed by atoms with Crippen molar-refractivity contribution in [1.29, 1.82) is 0 Å². The minimum absolute atomic E-state index is 0.0229. The quantitative estimate of drug-likeness (QED) is 0.775. The minimum Gasteiger partial charge on any atom is -0.389 e. The zero-order chi connectivity index (χ0) is 9.10. The molecule has 2 aromatic rings. The van der Waals surface area contributed by atoms with Crippen LogP contribution in [0.1, 0.15) is 5.01 Å². The molecule has 0 saturated heterocycles. The summed E-state index contributed by atoms with van der Waals surface area (Å²) in [5.74, 6) is 0. The van der Waals surface area contributed by atoms with E-state index in [-0.39, 0.29) is 6.61 Å². The highest BCUT2D eigenvalue weighted by atomic mass is 32.1. The molecule has 0 saturated carbocycles. The third kappa shape index (κ3) is 1.71. The van der Waals surface area contributed by atoms with Gasteiger partial charge in [0.15, 0.2) is 0 Å². The Balaban J connectivity index is 2.36. The van der Waals surface area contributed by atoms with Crippen LogP contribution in [0, 0.1) is 0 Å². The van der Waals surface area contributed by atoms with Crippen LogP contribution in [0.3, 0.4) is 0 Å². The van der Waals surface area contributed by atoms with Gasteiger partial charge in [-0.2, -0.15) is 0 Å². The molecule has 0 aromatic carbocycles. The summed E-state index contributed by atoms with van der Waals surface area (Å²) >= 11 is 1.42. The Bertz CT molecular complexity index is 387. The van der Waals surface area contributed by atoms with Crippen molar-refractivity contribution < 1.29 is 5.11 Å². The predicted octanol–water partition coefficient (Wildman–Crippen LogP) is 1.09. The number of thiazole rings is 1. The van der Waals surface area contributed by atoms with E-state index >= 15 is 0 Å². The molecular formula is C8H7N3OS. The normalized spacial score (nSPS) is 10.2. The molecule has 0 aliphatic heterocycles. The molecule has 0 amide bonds. The van der Waals surface area contributed by atoms with E-state index in [1.165, 1.54) is 11.3 Å². The van der Waals surface area contributed by atoms with Crippen LogP contribution in [-0.4, -0.2) is 20.1 Å². The lowest BCUT2D eigenvalue weighted by Gasteiger charge is -1.91. The Kier molecular flexibility index (Phi) is 2.29. The van der Waals surface area contributed by atoms with Crippen molar-refractivity contribution in [2.45, 2.75) is 6.61 Å². The first-order chi connectivity index (χ1) is 6.40. The maximum absolute atomic E-state index is 8.81. The molecule has 5 heteroatoms. The molecule has 0 atom stereocenters. The Hall–Kier alpha value is -1.33. The second kappa shape index (κ2) is 3.59. The summed E-state index contributed by atoms with van der Waals surface area (Å²) in [6.07, 6.45) is 4.88. The maximum Gasteiger partial charge on any atom is 0.119 e. The number of nitrogens with zero attached hydrogens (tertiary/aromatic N) is 3. The van der Waals surface area contributed by atoms with E-state index in [0.29, 0.717) is 5.01 Å². The first-order valence-corrected chi connectivity index (χ1v) is 4.60. The van der Waals surface area contributed by atoms with E-state index in [9.17, 15) is 0 Å². The highest BCUT2D eigenvalue weighted by Crippen LogP contribution is 2.18. The molecule has 2 rings (SSSR count). The number of hydrogen-bond acceptors (Lipinski definition) is 5. The van der Waals surface area contributed by atoms with Gasteiger partial charge in [-0.3, -0.25) is 9.97 Å². The summed E-state index contributed by atoms with van der Waals surface area (Å²) in [5, 5.41) is 11.4. The molecule has 1 N–H and O–H groups in total. The fourth-order valence-corrected chi connectivity index (χ4v) is 1.58. The van der Waals surface area contributed by atoms with Gasteiger partial charge in [-0.1, -0.05) is 0 Å². The van der Waals surface area contributed by atoms with Gasteiger partial charge < -0.3 is 5.11 Å². The third-order valence-corrected chi connectivity index (χ3v) is 2.35. The highest BCUT2D eigenvalue weighted by molar-refractivity contribution is 7.09. The smallest absolute Gasteiger partial charge is 0.119 e. The first-order valence-electron chi connectivity index (χ1n) is 3.72. The molecule has 13 heavy (non-hydrogen) atoms. The largest absolute Gasteiger partial charge is 0.389 e. The molecule has 4 nitrogen and oxygen atoms in total. The monoisotopic (exact) mass is 193 g/mol. The molecule has 2 heterocycles. The fraction of sp³-hybridized carbons (Fsp3) is 0.125. The van der Waals surface area contributed by atoms with Crippen LogP contribution in [0.4, 0.5) is 0 Å². The van der Waals surface area contributed by atoms with Gasteiger partial charge in [-0.15, -0.1) is 11.3 Å². The molecule has 0 bridgehead atoms. The third-order valence-electron chi connectivity index (χ3n) is 1.51. The molecule has 2 aromatic heterocycles. The lowest BCUT2D eigenvalue weighted by Crippen LogP contribution is -1.85. The Morgan fingerprint density at radius 3 is 2.85 bits per heavy atom. The van der Waals surface area contributed by atoms with Crippen LogP contribution < -0.4 is 0 Å². The van der Waals surface area contributed by atoms with Gasteiger partial charge in [0.2, 0.25) is 0 Å². The number of rotatable bonds is 2. The van der Waals surface area contributed by atoms with E-state index in [1.54, 1.807) is 18.6 Å². The van der Waals surface area contributed by atoms with E-state index < -0.39 is 0 Å². The van der Waals surface area contributed by atoms with Gasteiger partial charge in [0, 0.05) is 17.8 Å². The zero-order valence-corrected chi connectivity index (χ0v) is 7.53. The fourth-order valence-electron chi connectivity index (χ4n) is 0.933. The van der Waals surface area contributed by atoms with E-state index in [0.717, 1.165) is 11.4 Å². The molecular weight excluding hydrogens is 186 g/mol. The maximum atomic E-state index is 8.81. The molecule has 0 fully saturated rings. The predicted molar refractivity (Wildman–Crippen MR) is 49.1 cm³/mol. The number of aliphatic hydroxyl groups excluding tert-OH is 1. The van der Waals surface area contributed by atoms with E-state index in [2.05, 4.69) is 15.0 Å². The Labute approximate surface area is 78.9 Å². The molecule has 0 aliphatic rings. The van der Waals surface area contributed by atoms with E-state index in [4.69, 9.17) is 5.11 Å². The first kappa shape index (κ1) is 8.28. The molecule has 66 valence electrons. The van der Waals surface area contributed by atoms with Crippen LogP contribution >= 0.6 is 11.3 Å². The lowest BCUT2D eigenvalue weighted by molar-refractivity contribution is 0.281. The summed E-state index contributed by atoms with van der Waals surface area (Å²) in [6, 6.07) is 0. The number of hydrogen-bond donors (Lipinski definition) is 1. The van der Waals surface area contributed by atoms with Gasteiger partial charge in [0.05, 0.1) is 12.8 Å². The van der Waals surface area contributed by atoms with Crippen LogP contribution in [0.5, 0.6) is 0 Å². The van der Waals surface area contributed by atoms with Gasteiger partial charge in [-0.05, 0) is 0 Å². The summed E-state index contributed by atoms with van der Waals surface area (Å²) in [4.78, 5) is 12.2. The number of aliphatic hydroxyl groups is 1.